The van der Waals surface area contributed by atoms with Gasteiger partial charge in [-0.2, -0.15) is 13.2 Å². The van der Waals surface area contributed by atoms with Crippen LogP contribution in [0.15, 0.2) is 12.1 Å². The van der Waals surface area contributed by atoms with Gasteiger partial charge in [-0.05, 0) is 24.5 Å². The standard InChI is InChI=1S/C14H16ClF3N2O2/c15-11-2-1-9-3-6-20(13(21)14(16,17)18)7-4-10(9)12(11)22-8-5-19/h1-2H,3-8,19H2. The third-order valence-corrected chi connectivity index (χ3v) is 3.78. The second-order valence-corrected chi connectivity index (χ2v) is 5.35. The van der Waals surface area contributed by atoms with Crippen LogP contribution >= 0.6 is 11.6 Å². The fraction of sp³-hybridized carbons (Fsp3) is 0.500. The number of nitrogens with two attached hydrogens (primary N) is 1. The van der Waals surface area contributed by atoms with Gasteiger partial charge < -0.3 is 15.4 Å². The largest absolute Gasteiger partial charge is 0.490 e. The van der Waals surface area contributed by atoms with Crippen molar-refractivity contribution in [3.05, 3.63) is 28.3 Å². The van der Waals surface area contributed by atoms with E-state index in [1.807, 2.05) is 0 Å². The molecule has 1 amide bonds. The van der Waals surface area contributed by atoms with E-state index in [1.165, 1.54) is 0 Å². The van der Waals surface area contributed by atoms with Gasteiger partial charge in [0.2, 0.25) is 0 Å². The molecule has 1 aromatic rings. The van der Waals surface area contributed by atoms with Gasteiger partial charge >= 0.3 is 12.1 Å². The van der Waals surface area contributed by atoms with Crippen LogP contribution in [0.5, 0.6) is 5.75 Å². The van der Waals surface area contributed by atoms with E-state index in [-0.39, 0.29) is 26.1 Å². The van der Waals surface area contributed by atoms with E-state index in [1.54, 1.807) is 12.1 Å². The zero-order valence-electron chi connectivity index (χ0n) is 11.8. The molecule has 0 fully saturated rings. The molecule has 1 heterocycles. The molecule has 0 saturated heterocycles. The Labute approximate surface area is 131 Å². The van der Waals surface area contributed by atoms with E-state index in [0.717, 1.165) is 16.0 Å². The van der Waals surface area contributed by atoms with Crippen molar-refractivity contribution in [2.75, 3.05) is 26.2 Å². The summed E-state index contributed by atoms with van der Waals surface area (Å²) in [4.78, 5) is 12.2. The van der Waals surface area contributed by atoms with Gasteiger partial charge in [0.05, 0.1) is 5.02 Å². The second kappa shape index (κ2) is 6.75. The number of carbonyl (C=O) groups excluding carboxylic acids is 1. The number of halogens is 4. The predicted octanol–water partition coefficient (Wildman–Crippen LogP) is 2.17. The fourth-order valence-corrected chi connectivity index (χ4v) is 2.69. The monoisotopic (exact) mass is 336 g/mol. The average molecular weight is 337 g/mol. The molecule has 0 saturated carbocycles. The van der Waals surface area contributed by atoms with E-state index in [4.69, 9.17) is 22.1 Å². The Kier molecular flexibility index (Phi) is 5.18. The summed E-state index contributed by atoms with van der Waals surface area (Å²) >= 11 is 6.10. The maximum absolute atomic E-state index is 12.6. The molecule has 122 valence electrons. The Morgan fingerprint density at radius 2 is 2.00 bits per heavy atom. The van der Waals surface area contributed by atoms with Crippen LogP contribution in [0.4, 0.5) is 13.2 Å². The Hall–Kier alpha value is -1.47. The van der Waals surface area contributed by atoms with Crippen molar-refractivity contribution in [2.45, 2.75) is 19.0 Å². The molecule has 1 aliphatic heterocycles. The molecule has 2 N–H and O–H groups in total. The van der Waals surface area contributed by atoms with Crippen molar-refractivity contribution >= 4 is 17.5 Å². The molecule has 2 rings (SSSR count). The van der Waals surface area contributed by atoms with Crippen molar-refractivity contribution in [1.82, 2.24) is 4.90 Å². The van der Waals surface area contributed by atoms with Gasteiger partial charge in [-0.1, -0.05) is 17.7 Å². The summed E-state index contributed by atoms with van der Waals surface area (Å²) < 4.78 is 43.2. The zero-order chi connectivity index (χ0) is 16.3. The lowest BCUT2D eigenvalue weighted by molar-refractivity contribution is -0.185. The van der Waals surface area contributed by atoms with Crippen LogP contribution < -0.4 is 10.5 Å². The van der Waals surface area contributed by atoms with Crippen LogP contribution in [-0.4, -0.2) is 43.2 Å². The number of fused-ring (bicyclic) bond motifs is 1. The third kappa shape index (κ3) is 3.64. The van der Waals surface area contributed by atoms with Gasteiger partial charge in [-0.25, -0.2) is 0 Å². The van der Waals surface area contributed by atoms with Crippen LogP contribution in [0.3, 0.4) is 0 Å². The molecule has 0 bridgehead atoms. The van der Waals surface area contributed by atoms with Crippen molar-refractivity contribution in [1.29, 1.82) is 0 Å². The average Bonchev–Trinajstić information content (AvgIpc) is 2.67. The number of alkyl halides is 3. The minimum absolute atomic E-state index is 0.0172. The molecule has 22 heavy (non-hydrogen) atoms. The van der Waals surface area contributed by atoms with Crippen molar-refractivity contribution < 1.29 is 22.7 Å². The Morgan fingerprint density at radius 1 is 1.32 bits per heavy atom. The molecule has 0 radical (unpaired) electrons. The number of amides is 1. The topological polar surface area (TPSA) is 55.6 Å². The highest BCUT2D eigenvalue weighted by atomic mass is 35.5. The first-order chi connectivity index (χ1) is 10.3. The summed E-state index contributed by atoms with van der Waals surface area (Å²) in [6.45, 7) is 0.564. The van der Waals surface area contributed by atoms with E-state index in [2.05, 4.69) is 0 Å². The highest BCUT2D eigenvalue weighted by Crippen LogP contribution is 2.34. The van der Waals surface area contributed by atoms with Crippen LogP contribution in [0.1, 0.15) is 11.1 Å². The minimum atomic E-state index is -4.85. The number of ether oxygens (including phenoxy) is 1. The first kappa shape index (κ1) is 16.9. The summed E-state index contributed by atoms with van der Waals surface area (Å²) in [5.41, 5.74) is 6.99. The van der Waals surface area contributed by atoms with Gasteiger partial charge in [0.25, 0.3) is 0 Å². The smallest absolute Gasteiger partial charge is 0.471 e. The molecule has 8 heteroatoms. The molecule has 0 spiro atoms. The fourth-order valence-electron chi connectivity index (χ4n) is 2.46. The van der Waals surface area contributed by atoms with Crippen LogP contribution in [0.2, 0.25) is 5.02 Å². The van der Waals surface area contributed by atoms with Gasteiger partial charge in [0.15, 0.2) is 0 Å². The third-order valence-electron chi connectivity index (χ3n) is 3.49. The maximum Gasteiger partial charge on any atom is 0.471 e. The lowest BCUT2D eigenvalue weighted by atomic mass is 10.0. The molecule has 4 nitrogen and oxygen atoms in total. The summed E-state index contributed by atoms with van der Waals surface area (Å²) in [6.07, 6.45) is -4.27. The summed E-state index contributed by atoms with van der Waals surface area (Å²) in [7, 11) is 0. The van der Waals surface area contributed by atoms with Gasteiger partial charge in [-0.3, -0.25) is 4.79 Å². The predicted molar refractivity (Wildman–Crippen MR) is 76.0 cm³/mol. The van der Waals surface area contributed by atoms with E-state index >= 15 is 0 Å². The van der Waals surface area contributed by atoms with Crippen LogP contribution in [0, 0.1) is 0 Å². The molecule has 0 aliphatic carbocycles. The van der Waals surface area contributed by atoms with Crippen LogP contribution in [-0.2, 0) is 17.6 Å². The number of rotatable bonds is 3. The molecule has 0 unspecified atom stereocenters. The van der Waals surface area contributed by atoms with E-state index < -0.39 is 12.1 Å². The quantitative estimate of drug-likeness (QED) is 0.920. The Morgan fingerprint density at radius 3 is 2.64 bits per heavy atom. The number of hydrogen-bond acceptors (Lipinski definition) is 3. The lowest BCUT2D eigenvalue weighted by Gasteiger charge is -2.21. The molecule has 0 atom stereocenters. The minimum Gasteiger partial charge on any atom is -0.490 e. The summed E-state index contributed by atoms with van der Waals surface area (Å²) in [5, 5.41) is 0.391. The second-order valence-electron chi connectivity index (χ2n) is 4.94. The van der Waals surface area contributed by atoms with E-state index in [9.17, 15) is 18.0 Å². The van der Waals surface area contributed by atoms with Gasteiger partial charge in [0.1, 0.15) is 12.4 Å². The molecular weight excluding hydrogens is 321 g/mol. The highest BCUT2D eigenvalue weighted by Gasteiger charge is 2.42. The van der Waals surface area contributed by atoms with Gasteiger partial charge in [-0.15, -0.1) is 0 Å². The summed E-state index contributed by atoms with van der Waals surface area (Å²) in [6, 6.07) is 3.40. The first-order valence-electron chi connectivity index (χ1n) is 6.83. The highest BCUT2D eigenvalue weighted by molar-refractivity contribution is 6.32. The molecular formula is C14H16ClF3N2O2. The maximum atomic E-state index is 12.6. The van der Waals surface area contributed by atoms with Crippen molar-refractivity contribution in [3.63, 3.8) is 0 Å². The first-order valence-corrected chi connectivity index (χ1v) is 7.21. The molecule has 1 aliphatic rings. The van der Waals surface area contributed by atoms with E-state index in [0.29, 0.717) is 23.7 Å². The Bertz CT molecular complexity index is 564. The normalized spacial score (nSPS) is 15.2. The SMILES string of the molecule is NCCOc1c(Cl)ccc2c1CCN(C(=O)C(F)(F)F)CC2. The van der Waals surface area contributed by atoms with Crippen molar-refractivity contribution in [3.8, 4) is 5.75 Å². The molecule has 1 aromatic carbocycles. The number of benzene rings is 1. The summed E-state index contributed by atoms with van der Waals surface area (Å²) in [5.74, 6) is -1.36. The number of nitrogens with zero attached hydrogens (tertiary/aromatic N) is 1. The Balaban J connectivity index is 2.23. The van der Waals surface area contributed by atoms with Crippen molar-refractivity contribution in [2.24, 2.45) is 5.73 Å². The number of carbonyl (C=O) groups is 1. The zero-order valence-corrected chi connectivity index (χ0v) is 12.5. The lowest BCUT2D eigenvalue weighted by Crippen LogP contribution is -2.42. The molecule has 0 aromatic heterocycles. The number of hydrogen-bond donors (Lipinski definition) is 1. The van der Waals surface area contributed by atoms with Gasteiger partial charge in [0, 0.05) is 25.2 Å². The van der Waals surface area contributed by atoms with Crippen LogP contribution in [0.25, 0.3) is 0 Å².